The van der Waals surface area contributed by atoms with Crippen molar-refractivity contribution in [2.24, 2.45) is 0 Å². The molecule has 1 saturated heterocycles. The molecule has 4 nitrogen and oxygen atoms in total. The molecule has 0 radical (unpaired) electrons. The number of carbonyl (C=O) groups excluding carboxylic acids is 1. The second-order valence-corrected chi connectivity index (χ2v) is 3.83. The zero-order chi connectivity index (χ0) is 10.7. The number of amides is 1. The number of hydrogen-bond donors (Lipinski definition) is 1. The maximum atomic E-state index is 11.6. The summed E-state index contributed by atoms with van der Waals surface area (Å²) in [5, 5.41) is 0. The molecule has 80 valence electrons. The fraction of sp³-hybridized carbons (Fsp3) is 0.455. The van der Waals surface area contributed by atoms with E-state index in [1.54, 1.807) is 6.07 Å². The van der Waals surface area contributed by atoms with E-state index in [0.29, 0.717) is 18.8 Å². The van der Waals surface area contributed by atoms with Crippen LogP contribution >= 0.6 is 0 Å². The Labute approximate surface area is 89.1 Å². The molecule has 2 rings (SSSR count). The standard InChI is InChI=1S/C11H15N3O/c12-10-5-3-4-9(13-10)8-14-7-2-1-6-11(14)15/h3-5H,1-2,6-8H2,(H2,12,13). The van der Waals surface area contributed by atoms with Crippen molar-refractivity contribution in [3.63, 3.8) is 0 Å². The van der Waals surface area contributed by atoms with Crippen LogP contribution in [0.4, 0.5) is 5.82 Å². The zero-order valence-corrected chi connectivity index (χ0v) is 8.65. The summed E-state index contributed by atoms with van der Waals surface area (Å²) in [5.74, 6) is 0.738. The molecule has 4 heteroatoms. The van der Waals surface area contributed by atoms with E-state index in [9.17, 15) is 4.79 Å². The summed E-state index contributed by atoms with van der Waals surface area (Å²) in [6, 6.07) is 5.52. The lowest BCUT2D eigenvalue weighted by atomic mass is 10.1. The van der Waals surface area contributed by atoms with Gasteiger partial charge in [0.1, 0.15) is 5.82 Å². The van der Waals surface area contributed by atoms with Crippen molar-refractivity contribution in [2.75, 3.05) is 12.3 Å². The van der Waals surface area contributed by atoms with Crippen LogP contribution in [0.5, 0.6) is 0 Å². The van der Waals surface area contributed by atoms with E-state index in [4.69, 9.17) is 5.73 Å². The molecule has 0 aliphatic carbocycles. The Morgan fingerprint density at radius 1 is 1.40 bits per heavy atom. The zero-order valence-electron chi connectivity index (χ0n) is 8.65. The first kappa shape index (κ1) is 9.96. The Morgan fingerprint density at radius 2 is 2.27 bits per heavy atom. The number of likely N-dealkylation sites (tertiary alicyclic amines) is 1. The van der Waals surface area contributed by atoms with E-state index in [0.717, 1.165) is 25.1 Å². The SMILES string of the molecule is Nc1cccc(CN2CCCCC2=O)n1. The number of pyridine rings is 1. The van der Waals surface area contributed by atoms with Gasteiger partial charge < -0.3 is 10.6 Å². The van der Waals surface area contributed by atoms with Gasteiger partial charge in [0.05, 0.1) is 12.2 Å². The van der Waals surface area contributed by atoms with Gasteiger partial charge >= 0.3 is 0 Å². The molecule has 0 spiro atoms. The number of carbonyl (C=O) groups is 1. The maximum absolute atomic E-state index is 11.6. The van der Waals surface area contributed by atoms with Crippen LogP contribution in [0.3, 0.4) is 0 Å². The van der Waals surface area contributed by atoms with Gasteiger partial charge in [-0.3, -0.25) is 4.79 Å². The smallest absolute Gasteiger partial charge is 0.222 e. The number of hydrogen-bond acceptors (Lipinski definition) is 3. The average Bonchev–Trinajstić information content (AvgIpc) is 2.22. The van der Waals surface area contributed by atoms with Gasteiger partial charge in [-0.1, -0.05) is 6.07 Å². The van der Waals surface area contributed by atoms with Gasteiger partial charge in [-0.05, 0) is 25.0 Å². The van der Waals surface area contributed by atoms with Crippen LogP contribution < -0.4 is 5.73 Å². The molecule has 0 saturated carbocycles. The molecule has 0 unspecified atom stereocenters. The van der Waals surface area contributed by atoms with Crippen LogP contribution in [-0.2, 0) is 11.3 Å². The number of anilines is 1. The summed E-state index contributed by atoms with van der Waals surface area (Å²) < 4.78 is 0. The average molecular weight is 205 g/mol. The first-order valence-corrected chi connectivity index (χ1v) is 5.25. The van der Waals surface area contributed by atoms with E-state index in [-0.39, 0.29) is 5.91 Å². The Bertz CT molecular complexity index is 365. The predicted molar refractivity (Wildman–Crippen MR) is 57.9 cm³/mol. The molecule has 1 aliphatic heterocycles. The van der Waals surface area contributed by atoms with Gasteiger partial charge in [-0.25, -0.2) is 4.98 Å². The third kappa shape index (κ3) is 2.46. The van der Waals surface area contributed by atoms with Gasteiger partial charge in [0.25, 0.3) is 0 Å². The lowest BCUT2D eigenvalue weighted by Gasteiger charge is -2.26. The van der Waals surface area contributed by atoms with E-state index in [1.165, 1.54) is 0 Å². The summed E-state index contributed by atoms with van der Waals surface area (Å²) in [5.41, 5.74) is 6.45. The molecule has 15 heavy (non-hydrogen) atoms. The highest BCUT2D eigenvalue weighted by molar-refractivity contribution is 5.76. The molecule has 0 atom stereocenters. The number of rotatable bonds is 2. The monoisotopic (exact) mass is 205 g/mol. The highest BCUT2D eigenvalue weighted by Crippen LogP contribution is 2.13. The number of piperidine rings is 1. The minimum atomic E-state index is 0.227. The molecule has 1 amide bonds. The molecule has 1 aliphatic rings. The number of nitrogens with two attached hydrogens (primary N) is 1. The second-order valence-electron chi connectivity index (χ2n) is 3.83. The molecule has 1 aromatic heterocycles. The molecule has 1 aromatic rings. The molecular formula is C11H15N3O. The van der Waals surface area contributed by atoms with Crippen molar-refractivity contribution >= 4 is 11.7 Å². The fourth-order valence-corrected chi connectivity index (χ4v) is 1.81. The van der Waals surface area contributed by atoms with Gasteiger partial charge in [-0.15, -0.1) is 0 Å². The van der Waals surface area contributed by atoms with Crippen molar-refractivity contribution < 1.29 is 4.79 Å². The summed E-state index contributed by atoms with van der Waals surface area (Å²) in [4.78, 5) is 17.6. The van der Waals surface area contributed by atoms with Crippen LogP contribution in [0.15, 0.2) is 18.2 Å². The fourth-order valence-electron chi connectivity index (χ4n) is 1.81. The number of aromatic nitrogens is 1. The predicted octanol–water partition coefficient (Wildman–Crippen LogP) is 1.18. The highest BCUT2D eigenvalue weighted by atomic mass is 16.2. The van der Waals surface area contributed by atoms with Crippen LogP contribution in [0.25, 0.3) is 0 Å². The van der Waals surface area contributed by atoms with Crippen molar-refractivity contribution in [1.82, 2.24) is 9.88 Å². The van der Waals surface area contributed by atoms with Crippen LogP contribution in [0.2, 0.25) is 0 Å². The molecule has 0 aromatic carbocycles. The van der Waals surface area contributed by atoms with Gasteiger partial charge in [0.2, 0.25) is 5.91 Å². The normalized spacial score (nSPS) is 16.8. The summed E-state index contributed by atoms with van der Waals surface area (Å²) in [6.45, 7) is 1.43. The summed E-state index contributed by atoms with van der Waals surface area (Å²) in [6.07, 6.45) is 2.77. The van der Waals surface area contributed by atoms with Crippen LogP contribution in [0, 0.1) is 0 Å². The molecule has 2 N–H and O–H groups in total. The first-order valence-electron chi connectivity index (χ1n) is 5.25. The minimum Gasteiger partial charge on any atom is -0.384 e. The van der Waals surface area contributed by atoms with Gasteiger partial charge in [0.15, 0.2) is 0 Å². The topological polar surface area (TPSA) is 59.2 Å². The summed E-state index contributed by atoms with van der Waals surface area (Å²) in [7, 11) is 0. The molecule has 0 bridgehead atoms. The van der Waals surface area contributed by atoms with Crippen molar-refractivity contribution in [3.8, 4) is 0 Å². The lowest BCUT2D eigenvalue weighted by Crippen LogP contribution is -2.34. The highest BCUT2D eigenvalue weighted by Gasteiger charge is 2.18. The summed E-state index contributed by atoms with van der Waals surface area (Å²) >= 11 is 0. The Morgan fingerprint density at radius 3 is 3.00 bits per heavy atom. The van der Waals surface area contributed by atoms with Crippen LogP contribution in [-0.4, -0.2) is 22.3 Å². The Hall–Kier alpha value is -1.58. The third-order valence-corrected chi connectivity index (χ3v) is 2.60. The quantitative estimate of drug-likeness (QED) is 0.788. The van der Waals surface area contributed by atoms with Gasteiger partial charge in [-0.2, -0.15) is 0 Å². The maximum Gasteiger partial charge on any atom is 0.222 e. The largest absolute Gasteiger partial charge is 0.384 e. The van der Waals surface area contributed by atoms with E-state index in [2.05, 4.69) is 4.98 Å². The van der Waals surface area contributed by atoms with E-state index >= 15 is 0 Å². The molecular weight excluding hydrogens is 190 g/mol. The number of nitrogens with zero attached hydrogens (tertiary/aromatic N) is 2. The Balaban J connectivity index is 2.04. The molecule has 1 fully saturated rings. The van der Waals surface area contributed by atoms with Crippen molar-refractivity contribution in [2.45, 2.75) is 25.8 Å². The van der Waals surface area contributed by atoms with Crippen molar-refractivity contribution in [1.29, 1.82) is 0 Å². The van der Waals surface area contributed by atoms with Crippen molar-refractivity contribution in [3.05, 3.63) is 23.9 Å². The lowest BCUT2D eigenvalue weighted by molar-refractivity contribution is -0.133. The molecule has 2 heterocycles. The number of nitrogen functional groups attached to an aromatic ring is 1. The second kappa shape index (κ2) is 4.29. The minimum absolute atomic E-state index is 0.227. The van der Waals surface area contributed by atoms with E-state index in [1.807, 2.05) is 17.0 Å². The first-order chi connectivity index (χ1) is 7.25. The van der Waals surface area contributed by atoms with Gasteiger partial charge in [0, 0.05) is 13.0 Å². The Kier molecular flexibility index (Phi) is 2.85. The van der Waals surface area contributed by atoms with E-state index < -0.39 is 0 Å². The van der Waals surface area contributed by atoms with Crippen LogP contribution in [0.1, 0.15) is 25.0 Å². The third-order valence-electron chi connectivity index (χ3n) is 2.60.